The summed E-state index contributed by atoms with van der Waals surface area (Å²) >= 11 is 6.25. The minimum Gasteiger partial charge on any atom is -0.497 e. The first-order valence-corrected chi connectivity index (χ1v) is 9.63. The maximum atomic E-state index is 12.9. The van der Waals surface area contributed by atoms with Crippen molar-refractivity contribution in [1.29, 1.82) is 0 Å². The van der Waals surface area contributed by atoms with Gasteiger partial charge < -0.3 is 19.2 Å². The van der Waals surface area contributed by atoms with Crippen LogP contribution in [0.25, 0.3) is 11.0 Å². The molecule has 0 saturated carbocycles. The molecule has 1 heterocycles. The minimum absolute atomic E-state index is 0.143. The number of carbonyl (C=O) groups is 2. The molecule has 0 fully saturated rings. The number of benzene rings is 2. The van der Waals surface area contributed by atoms with E-state index in [-0.39, 0.29) is 18.6 Å². The van der Waals surface area contributed by atoms with Crippen LogP contribution in [0.4, 0.5) is 0 Å². The lowest BCUT2D eigenvalue weighted by atomic mass is 10.0. The summed E-state index contributed by atoms with van der Waals surface area (Å²) in [6, 6.07) is 12.3. The molecule has 0 aliphatic heterocycles. The lowest BCUT2D eigenvalue weighted by molar-refractivity contribution is -0.143. The zero-order chi connectivity index (χ0) is 21.7. The number of nitrogens with one attached hydrogen (secondary N) is 1. The molecule has 0 aliphatic rings. The SMILES string of the molecule is CCOC(=O)CC(NC(=O)c1cc2cc(OC)ccc2oc1=O)c1ccccc1Cl. The van der Waals surface area contributed by atoms with Crippen molar-refractivity contribution in [2.45, 2.75) is 19.4 Å². The Morgan fingerprint density at radius 1 is 1.17 bits per heavy atom. The van der Waals surface area contributed by atoms with Crippen molar-refractivity contribution in [3.63, 3.8) is 0 Å². The van der Waals surface area contributed by atoms with E-state index in [0.717, 1.165) is 0 Å². The van der Waals surface area contributed by atoms with Gasteiger partial charge in [-0.25, -0.2) is 4.79 Å². The summed E-state index contributed by atoms with van der Waals surface area (Å²) in [6.07, 6.45) is -0.143. The summed E-state index contributed by atoms with van der Waals surface area (Å²) < 4.78 is 15.4. The molecule has 30 heavy (non-hydrogen) atoms. The van der Waals surface area contributed by atoms with Crippen molar-refractivity contribution in [2.24, 2.45) is 0 Å². The van der Waals surface area contributed by atoms with Crippen LogP contribution in [0.1, 0.15) is 35.3 Å². The highest BCUT2D eigenvalue weighted by Gasteiger charge is 2.24. The Morgan fingerprint density at radius 3 is 2.63 bits per heavy atom. The van der Waals surface area contributed by atoms with Crippen LogP contribution >= 0.6 is 11.6 Å². The molecule has 0 saturated heterocycles. The van der Waals surface area contributed by atoms with Gasteiger partial charge in [-0.15, -0.1) is 0 Å². The molecule has 3 rings (SSSR count). The van der Waals surface area contributed by atoms with Crippen molar-refractivity contribution < 1.29 is 23.5 Å². The van der Waals surface area contributed by atoms with E-state index in [0.29, 0.717) is 27.3 Å². The van der Waals surface area contributed by atoms with Crippen LogP contribution in [0.15, 0.2) is 57.7 Å². The van der Waals surface area contributed by atoms with E-state index in [1.165, 1.54) is 13.2 Å². The Bertz CT molecular complexity index is 1140. The first kappa shape index (κ1) is 21.4. The Balaban J connectivity index is 1.95. The maximum Gasteiger partial charge on any atom is 0.349 e. The van der Waals surface area contributed by atoms with Gasteiger partial charge >= 0.3 is 11.6 Å². The van der Waals surface area contributed by atoms with E-state index in [1.54, 1.807) is 49.4 Å². The predicted octanol–water partition coefficient (Wildman–Crippen LogP) is 3.88. The minimum atomic E-state index is -0.792. The van der Waals surface area contributed by atoms with Crippen molar-refractivity contribution in [3.8, 4) is 5.75 Å². The molecular weight excluding hydrogens is 410 g/mol. The molecule has 2 aromatic carbocycles. The molecule has 8 heteroatoms. The van der Waals surface area contributed by atoms with E-state index in [4.69, 9.17) is 25.5 Å². The third-order valence-electron chi connectivity index (χ3n) is 4.45. The number of hydrogen-bond donors (Lipinski definition) is 1. The smallest absolute Gasteiger partial charge is 0.349 e. The number of halogens is 1. The Morgan fingerprint density at radius 2 is 1.93 bits per heavy atom. The van der Waals surface area contributed by atoms with Gasteiger partial charge in [-0.2, -0.15) is 0 Å². The Kier molecular flexibility index (Phi) is 6.74. The average Bonchev–Trinajstić information content (AvgIpc) is 2.73. The zero-order valence-corrected chi connectivity index (χ0v) is 17.2. The van der Waals surface area contributed by atoms with Gasteiger partial charge in [-0.05, 0) is 42.8 Å². The van der Waals surface area contributed by atoms with Crippen molar-refractivity contribution in [3.05, 3.63) is 75.1 Å². The molecule has 1 amide bonds. The molecular formula is C22H20ClNO6. The van der Waals surface area contributed by atoms with Crippen LogP contribution < -0.4 is 15.7 Å². The standard InChI is InChI=1S/C22H20ClNO6/c1-3-29-20(25)12-18(15-6-4-5-7-17(15)23)24-21(26)16-11-13-10-14(28-2)8-9-19(13)30-22(16)27/h4-11,18H,3,12H2,1-2H3,(H,24,26). The van der Waals surface area contributed by atoms with Crippen molar-refractivity contribution in [1.82, 2.24) is 5.32 Å². The second-order valence-electron chi connectivity index (χ2n) is 6.41. The third kappa shape index (κ3) is 4.80. The largest absolute Gasteiger partial charge is 0.497 e. The first-order chi connectivity index (χ1) is 14.4. The predicted molar refractivity (Wildman–Crippen MR) is 112 cm³/mol. The van der Waals surface area contributed by atoms with Gasteiger partial charge in [0.15, 0.2) is 0 Å². The number of esters is 1. The molecule has 0 spiro atoms. The van der Waals surface area contributed by atoms with Crippen LogP contribution in [0, 0.1) is 0 Å². The lowest BCUT2D eigenvalue weighted by Crippen LogP contribution is -2.33. The summed E-state index contributed by atoms with van der Waals surface area (Å²) in [6.45, 7) is 1.90. The fraction of sp³-hybridized carbons (Fsp3) is 0.227. The highest BCUT2D eigenvalue weighted by molar-refractivity contribution is 6.31. The van der Waals surface area contributed by atoms with Crippen molar-refractivity contribution in [2.75, 3.05) is 13.7 Å². The molecule has 7 nitrogen and oxygen atoms in total. The highest BCUT2D eigenvalue weighted by atomic mass is 35.5. The summed E-state index contributed by atoms with van der Waals surface area (Å²) in [5.74, 6) is -0.639. The molecule has 3 aromatic rings. The quantitative estimate of drug-likeness (QED) is 0.452. The Hall–Kier alpha value is -3.32. The topological polar surface area (TPSA) is 94.8 Å². The normalized spacial score (nSPS) is 11.7. The van der Waals surface area contributed by atoms with Gasteiger partial charge in [0.1, 0.15) is 16.9 Å². The molecule has 1 N–H and O–H groups in total. The van der Waals surface area contributed by atoms with Crippen LogP contribution in [-0.2, 0) is 9.53 Å². The van der Waals surface area contributed by atoms with E-state index in [1.807, 2.05) is 0 Å². The van der Waals surface area contributed by atoms with Crippen LogP contribution in [0.2, 0.25) is 5.02 Å². The fourth-order valence-electron chi connectivity index (χ4n) is 3.01. The monoisotopic (exact) mass is 429 g/mol. The molecule has 1 aromatic heterocycles. The number of amides is 1. The molecule has 1 unspecified atom stereocenters. The zero-order valence-electron chi connectivity index (χ0n) is 16.4. The van der Waals surface area contributed by atoms with Crippen LogP contribution in [0.5, 0.6) is 5.75 Å². The van der Waals surface area contributed by atoms with E-state index >= 15 is 0 Å². The van der Waals surface area contributed by atoms with Gasteiger partial charge in [0.25, 0.3) is 5.91 Å². The molecule has 0 bridgehead atoms. The highest BCUT2D eigenvalue weighted by Crippen LogP contribution is 2.26. The summed E-state index contributed by atoms with van der Waals surface area (Å²) in [5, 5.41) is 3.60. The number of carbonyl (C=O) groups excluding carboxylic acids is 2. The third-order valence-corrected chi connectivity index (χ3v) is 4.79. The van der Waals surface area contributed by atoms with Crippen LogP contribution in [0.3, 0.4) is 0 Å². The number of fused-ring (bicyclic) bond motifs is 1. The van der Waals surface area contributed by atoms with E-state index in [2.05, 4.69) is 5.32 Å². The number of hydrogen-bond acceptors (Lipinski definition) is 6. The molecule has 1 atom stereocenters. The Labute approximate surface area is 177 Å². The van der Waals surface area contributed by atoms with E-state index in [9.17, 15) is 14.4 Å². The number of ether oxygens (including phenoxy) is 2. The average molecular weight is 430 g/mol. The summed E-state index contributed by atoms with van der Waals surface area (Å²) in [4.78, 5) is 37.3. The maximum absolute atomic E-state index is 12.9. The van der Waals surface area contributed by atoms with Gasteiger partial charge in [0.2, 0.25) is 0 Å². The van der Waals surface area contributed by atoms with Gasteiger partial charge in [-0.1, -0.05) is 29.8 Å². The van der Waals surface area contributed by atoms with E-state index < -0.39 is 23.5 Å². The lowest BCUT2D eigenvalue weighted by Gasteiger charge is -2.19. The second kappa shape index (κ2) is 9.45. The molecule has 0 radical (unpaired) electrons. The first-order valence-electron chi connectivity index (χ1n) is 9.25. The number of rotatable bonds is 7. The number of methoxy groups -OCH3 is 1. The van der Waals surface area contributed by atoms with Gasteiger partial charge in [0, 0.05) is 10.4 Å². The second-order valence-corrected chi connectivity index (χ2v) is 6.82. The molecule has 156 valence electrons. The molecule has 0 aliphatic carbocycles. The van der Waals surface area contributed by atoms with Crippen LogP contribution in [-0.4, -0.2) is 25.6 Å². The summed E-state index contributed by atoms with van der Waals surface area (Å²) in [7, 11) is 1.51. The van der Waals surface area contributed by atoms with Gasteiger partial charge in [-0.3, -0.25) is 9.59 Å². The van der Waals surface area contributed by atoms with Crippen molar-refractivity contribution >= 4 is 34.4 Å². The fourth-order valence-corrected chi connectivity index (χ4v) is 3.27. The van der Waals surface area contributed by atoms with Gasteiger partial charge in [0.05, 0.1) is 26.2 Å². The summed E-state index contributed by atoms with van der Waals surface area (Å²) in [5.41, 5.74) is -0.130.